The fraction of sp³-hybridized carbons (Fsp3) is 0.867. The minimum atomic E-state index is -0.844. The van der Waals surface area contributed by atoms with E-state index in [1.54, 1.807) is 9.80 Å². The predicted octanol–water partition coefficient (Wildman–Crippen LogP) is 1.46. The van der Waals surface area contributed by atoms with Gasteiger partial charge in [0.15, 0.2) is 0 Å². The average Bonchev–Trinajstić information content (AvgIpc) is 2.64. The number of hydrogen-bond donors (Lipinski definition) is 1. The van der Waals surface area contributed by atoms with Gasteiger partial charge in [-0.3, -0.25) is 9.69 Å². The number of carboxylic acids is 1. The van der Waals surface area contributed by atoms with Crippen LogP contribution in [0.3, 0.4) is 0 Å². The number of urea groups is 1. The highest BCUT2D eigenvalue weighted by atomic mass is 16.4. The highest BCUT2D eigenvalue weighted by Gasteiger charge is 2.53. The molecule has 21 heavy (non-hydrogen) atoms. The molecule has 0 radical (unpaired) electrons. The molecule has 0 saturated carbocycles. The number of piperazine rings is 1. The lowest BCUT2D eigenvalue weighted by atomic mass is 9.95. The quantitative estimate of drug-likeness (QED) is 0.796. The maximum atomic E-state index is 12.6. The fourth-order valence-corrected chi connectivity index (χ4v) is 3.37. The molecule has 1 unspecified atom stereocenters. The van der Waals surface area contributed by atoms with E-state index in [9.17, 15) is 14.7 Å². The summed E-state index contributed by atoms with van der Waals surface area (Å²) in [5.74, 6) is -0.844. The van der Waals surface area contributed by atoms with Gasteiger partial charge in [-0.2, -0.15) is 0 Å². The lowest BCUT2D eigenvalue weighted by Gasteiger charge is -2.47. The van der Waals surface area contributed by atoms with Crippen LogP contribution in [-0.2, 0) is 4.79 Å². The number of carbonyl (C=O) groups is 2. The van der Waals surface area contributed by atoms with Crippen molar-refractivity contribution in [1.29, 1.82) is 0 Å². The number of nitrogens with zero attached hydrogens (tertiary/aromatic N) is 3. The van der Waals surface area contributed by atoms with Crippen molar-refractivity contribution in [2.45, 2.75) is 64.7 Å². The SMILES string of the molecule is CC(C)(C)N1C[C@H]2C(C(=O)O)N(C(C)(C)C)CCN2C1=O. The van der Waals surface area contributed by atoms with E-state index in [2.05, 4.69) is 0 Å². The summed E-state index contributed by atoms with van der Waals surface area (Å²) in [5.41, 5.74) is -0.516. The Balaban J connectivity index is 2.34. The van der Waals surface area contributed by atoms with Gasteiger partial charge in [-0.1, -0.05) is 0 Å². The van der Waals surface area contributed by atoms with Crippen molar-refractivity contribution in [2.24, 2.45) is 0 Å². The summed E-state index contributed by atoms with van der Waals surface area (Å²) in [6, 6.07) is -0.954. The Morgan fingerprint density at radius 1 is 1.10 bits per heavy atom. The minimum absolute atomic E-state index is 0.0349. The molecule has 2 atom stereocenters. The zero-order valence-corrected chi connectivity index (χ0v) is 13.9. The number of carboxylic acid groups (broad SMARTS) is 1. The van der Waals surface area contributed by atoms with Gasteiger partial charge in [-0.25, -0.2) is 4.79 Å². The molecule has 2 heterocycles. The van der Waals surface area contributed by atoms with Gasteiger partial charge in [0.25, 0.3) is 0 Å². The van der Waals surface area contributed by atoms with Crippen molar-refractivity contribution in [3.8, 4) is 0 Å². The fourth-order valence-electron chi connectivity index (χ4n) is 3.37. The molecular formula is C15H27N3O3. The first-order chi connectivity index (χ1) is 9.44. The molecule has 120 valence electrons. The number of carbonyl (C=O) groups excluding carboxylic acids is 1. The van der Waals surface area contributed by atoms with Crippen LogP contribution >= 0.6 is 0 Å². The van der Waals surface area contributed by atoms with Gasteiger partial charge in [-0.05, 0) is 41.5 Å². The van der Waals surface area contributed by atoms with Gasteiger partial charge in [0, 0.05) is 30.7 Å². The summed E-state index contributed by atoms with van der Waals surface area (Å²) in [7, 11) is 0. The summed E-state index contributed by atoms with van der Waals surface area (Å²) in [6.45, 7) is 13.7. The molecule has 0 aromatic carbocycles. The van der Waals surface area contributed by atoms with Gasteiger partial charge in [0.1, 0.15) is 6.04 Å². The Labute approximate surface area is 126 Å². The van der Waals surface area contributed by atoms with Crippen LogP contribution in [0.4, 0.5) is 4.79 Å². The molecule has 0 aliphatic carbocycles. The summed E-state index contributed by atoms with van der Waals surface area (Å²) in [4.78, 5) is 29.9. The van der Waals surface area contributed by atoms with E-state index in [1.165, 1.54) is 0 Å². The van der Waals surface area contributed by atoms with Crippen molar-refractivity contribution < 1.29 is 14.7 Å². The van der Waals surface area contributed by atoms with Crippen LogP contribution in [0.2, 0.25) is 0 Å². The first-order valence-corrected chi connectivity index (χ1v) is 7.52. The molecule has 0 aromatic heterocycles. The van der Waals surface area contributed by atoms with E-state index in [0.29, 0.717) is 19.6 Å². The highest BCUT2D eigenvalue weighted by Crippen LogP contribution is 2.33. The second kappa shape index (κ2) is 4.87. The predicted molar refractivity (Wildman–Crippen MR) is 80.2 cm³/mol. The van der Waals surface area contributed by atoms with Crippen LogP contribution in [0.15, 0.2) is 0 Å². The van der Waals surface area contributed by atoms with Crippen LogP contribution in [0.25, 0.3) is 0 Å². The summed E-state index contributed by atoms with van der Waals surface area (Å²) >= 11 is 0. The van der Waals surface area contributed by atoms with Crippen molar-refractivity contribution >= 4 is 12.0 Å². The summed E-state index contributed by atoms with van der Waals surface area (Å²) in [6.07, 6.45) is 0. The Morgan fingerprint density at radius 3 is 2.10 bits per heavy atom. The average molecular weight is 297 g/mol. The van der Waals surface area contributed by atoms with Crippen molar-refractivity contribution in [3.05, 3.63) is 0 Å². The van der Waals surface area contributed by atoms with Crippen LogP contribution in [-0.4, -0.2) is 74.6 Å². The Bertz CT molecular complexity index is 450. The number of amides is 2. The Morgan fingerprint density at radius 2 is 1.67 bits per heavy atom. The maximum Gasteiger partial charge on any atom is 0.323 e. The molecule has 1 N–H and O–H groups in total. The molecular weight excluding hydrogens is 270 g/mol. The number of fused-ring (bicyclic) bond motifs is 1. The molecule has 0 bridgehead atoms. The van der Waals surface area contributed by atoms with E-state index in [0.717, 1.165) is 0 Å². The molecule has 0 spiro atoms. The molecule has 2 aliphatic rings. The van der Waals surface area contributed by atoms with Crippen LogP contribution in [0.1, 0.15) is 41.5 Å². The van der Waals surface area contributed by atoms with E-state index in [1.807, 2.05) is 46.4 Å². The van der Waals surface area contributed by atoms with E-state index in [4.69, 9.17) is 0 Å². The summed E-state index contributed by atoms with van der Waals surface area (Å²) < 4.78 is 0. The highest BCUT2D eigenvalue weighted by molar-refractivity contribution is 5.82. The number of hydrogen-bond acceptors (Lipinski definition) is 3. The Hall–Kier alpha value is -1.30. The monoisotopic (exact) mass is 297 g/mol. The van der Waals surface area contributed by atoms with Crippen molar-refractivity contribution in [1.82, 2.24) is 14.7 Å². The molecule has 6 heteroatoms. The Kier molecular flexibility index (Phi) is 3.72. The number of aliphatic carboxylic acids is 1. The third kappa shape index (κ3) is 2.73. The zero-order valence-electron chi connectivity index (χ0n) is 13.9. The van der Waals surface area contributed by atoms with Gasteiger partial charge in [0.05, 0.1) is 6.04 Å². The maximum absolute atomic E-state index is 12.6. The molecule has 2 rings (SSSR count). The second-order valence-electron chi connectivity index (χ2n) is 7.97. The lowest BCUT2D eigenvalue weighted by Crippen LogP contribution is -2.66. The summed E-state index contributed by atoms with van der Waals surface area (Å²) in [5, 5.41) is 9.70. The van der Waals surface area contributed by atoms with Crippen LogP contribution < -0.4 is 0 Å². The molecule has 6 nitrogen and oxygen atoms in total. The van der Waals surface area contributed by atoms with Gasteiger partial charge in [0.2, 0.25) is 0 Å². The zero-order chi connectivity index (χ0) is 16.2. The van der Waals surface area contributed by atoms with Gasteiger partial charge in [-0.15, -0.1) is 0 Å². The van der Waals surface area contributed by atoms with Crippen molar-refractivity contribution in [3.63, 3.8) is 0 Å². The standard InChI is InChI=1S/C15H27N3O3/c1-14(2,3)17-8-7-16-10(11(17)12(19)20)9-18(13(16)21)15(4,5)6/h10-11H,7-9H2,1-6H3,(H,19,20)/t10-,11?/m0/s1. The molecule has 2 fully saturated rings. The third-order valence-corrected chi connectivity index (χ3v) is 4.45. The van der Waals surface area contributed by atoms with E-state index in [-0.39, 0.29) is 23.2 Å². The van der Waals surface area contributed by atoms with Gasteiger partial charge >= 0.3 is 12.0 Å². The first-order valence-electron chi connectivity index (χ1n) is 7.52. The molecule has 2 aliphatic heterocycles. The first kappa shape index (κ1) is 16.1. The normalized spacial score (nSPS) is 28.0. The lowest BCUT2D eigenvalue weighted by molar-refractivity contribution is -0.150. The minimum Gasteiger partial charge on any atom is -0.480 e. The topological polar surface area (TPSA) is 64.1 Å². The molecule has 0 aromatic rings. The number of rotatable bonds is 1. The van der Waals surface area contributed by atoms with Gasteiger partial charge < -0.3 is 14.9 Å². The molecule has 2 saturated heterocycles. The van der Waals surface area contributed by atoms with Crippen LogP contribution in [0, 0.1) is 0 Å². The smallest absolute Gasteiger partial charge is 0.323 e. The van der Waals surface area contributed by atoms with Crippen LogP contribution in [0.5, 0.6) is 0 Å². The molecule has 2 amide bonds. The largest absolute Gasteiger partial charge is 0.480 e. The van der Waals surface area contributed by atoms with E-state index < -0.39 is 12.0 Å². The van der Waals surface area contributed by atoms with Crippen molar-refractivity contribution in [2.75, 3.05) is 19.6 Å². The second-order valence-corrected chi connectivity index (χ2v) is 7.97. The third-order valence-electron chi connectivity index (χ3n) is 4.45. The van der Waals surface area contributed by atoms with E-state index >= 15 is 0 Å².